The third kappa shape index (κ3) is 2.17. The van der Waals surface area contributed by atoms with Crippen LogP contribution in [-0.2, 0) is 12.8 Å². The van der Waals surface area contributed by atoms with Crippen LogP contribution < -0.4 is 5.73 Å². The van der Waals surface area contributed by atoms with Gasteiger partial charge in [-0.2, -0.15) is 0 Å². The van der Waals surface area contributed by atoms with Crippen LogP contribution in [-0.4, -0.2) is 0 Å². The molecule has 3 rings (SSSR count). The molecule has 0 heterocycles. The maximum Gasteiger partial charge on any atom is 0.0135 e. The Balaban J connectivity index is 2.30. The molecule has 0 aromatic heterocycles. The third-order valence-corrected chi connectivity index (χ3v) is 3.86. The number of allylic oxidation sites excluding steroid dienone is 1. The molecule has 2 aromatic rings. The number of hydrogen-bond acceptors (Lipinski definition) is 1. The molecular weight excluding hydrogens is 230 g/mol. The van der Waals surface area contributed by atoms with Crippen LogP contribution >= 0.6 is 0 Å². The van der Waals surface area contributed by atoms with Gasteiger partial charge in [-0.25, -0.2) is 0 Å². The van der Waals surface area contributed by atoms with Crippen molar-refractivity contribution in [2.45, 2.75) is 26.2 Å². The van der Waals surface area contributed by atoms with Gasteiger partial charge >= 0.3 is 0 Å². The monoisotopic (exact) mass is 249 g/mol. The molecule has 1 aliphatic rings. The smallest absolute Gasteiger partial charge is 0.0135 e. The van der Waals surface area contributed by atoms with Crippen molar-refractivity contribution < 1.29 is 0 Å². The van der Waals surface area contributed by atoms with Crippen LogP contribution in [0.5, 0.6) is 0 Å². The number of rotatable bonds is 0. The van der Waals surface area contributed by atoms with Crippen molar-refractivity contribution in [2.75, 3.05) is 0 Å². The van der Waals surface area contributed by atoms with E-state index in [9.17, 15) is 0 Å². The Morgan fingerprint density at radius 1 is 0.842 bits per heavy atom. The summed E-state index contributed by atoms with van der Waals surface area (Å²) in [4.78, 5) is 0. The van der Waals surface area contributed by atoms with Gasteiger partial charge in [0.2, 0.25) is 0 Å². The highest BCUT2D eigenvalue weighted by molar-refractivity contribution is 5.84. The molecule has 2 aromatic carbocycles. The first-order chi connectivity index (χ1) is 9.27. The van der Waals surface area contributed by atoms with E-state index in [1.54, 1.807) is 0 Å². The lowest BCUT2D eigenvalue weighted by Crippen LogP contribution is -2.08. The Labute approximate surface area is 114 Å². The first-order valence-corrected chi connectivity index (χ1v) is 6.90. The second-order valence-corrected chi connectivity index (χ2v) is 5.23. The molecule has 0 saturated heterocycles. The summed E-state index contributed by atoms with van der Waals surface area (Å²) < 4.78 is 0. The van der Waals surface area contributed by atoms with Gasteiger partial charge in [0.25, 0.3) is 0 Å². The normalized spacial score (nSPS) is 14.1. The topological polar surface area (TPSA) is 26.0 Å². The highest BCUT2D eigenvalue weighted by Gasteiger charge is 2.17. The molecule has 0 amide bonds. The second-order valence-electron chi connectivity index (χ2n) is 5.23. The van der Waals surface area contributed by atoms with Crippen LogP contribution in [0.3, 0.4) is 0 Å². The van der Waals surface area contributed by atoms with Gasteiger partial charge in [-0.05, 0) is 48.4 Å². The number of aryl methyl sites for hydroxylation is 2. The van der Waals surface area contributed by atoms with E-state index in [1.807, 2.05) is 6.92 Å². The maximum absolute atomic E-state index is 6.20. The van der Waals surface area contributed by atoms with E-state index in [-0.39, 0.29) is 0 Å². The third-order valence-electron chi connectivity index (χ3n) is 3.86. The second kappa shape index (κ2) is 4.93. The zero-order valence-electron chi connectivity index (χ0n) is 11.3. The summed E-state index contributed by atoms with van der Waals surface area (Å²) in [6, 6.07) is 17.3. The van der Waals surface area contributed by atoms with Crippen molar-refractivity contribution in [1.29, 1.82) is 0 Å². The van der Waals surface area contributed by atoms with Crippen molar-refractivity contribution in [1.82, 2.24) is 0 Å². The van der Waals surface area contributed by atoms with Crippen LogP contribution in [0.2, 0.25) is 0 Å². The molecule has 0 atom stereocenters. The van der Waals surface area contributed by atoms with Gasteiger partial charge in [0.15, 0.2) is 0 Å². The highest BCUT2D eigenvalue weighted by Crippen LogP contribution is 2.33. The van der Waals surface area contributed by atoms with Gasteiger partial charge in [0.1, 0.15) is 0 Å². The maximum atomic E-state index is 6.20. The van der Waals surface area contributed by atoms with E-state index in [4.69, 9.17) is 5.73 Å². The van der Waals surface area contributed by atoms with Crippen LogP contribution in [0.1, 0.15) is 35.6 Å². The lowest BCUT2D eigenvalue weighted by atomic mass is 9.84. The van der Waals surface area contributed by atoms with E-state index < -0.39 is 0 Å². The van der Waals surface area contributed by atoms with Gasteiger partial charge in [-0.15, -0.1) is 0 Å². The summed E-state index contributed by atoms with van der Waals surface area (Å²) in [5.74, 6) is 0. The minimum absolute atomic E-state index is 0.904. The van der Waals surface area contributed by atoms with Crippen molar-refractivity contribution in [2.24, 2.45) is 5.73 Å². The zero-order valence-corrected chi connectivity index (χ0v) is 11.3. The Hall–Kier alpha value is -2.02. The molecule has 0 saturated carbocycles. The summed E-state index contributed by atoms with van der Waals surface area (Å²) in [6.45, 7) is 2.00. The molecule has 0 spiro atoms. The minimum atomic E-state index is 0.904. The molecule has 2 N–H and O–H groups in total. The fourth-order valence-electron chi connectivity index (χ4n) is 3.00. The molecule has 96 valence electrons. The van der Waals surface area contributed by atoms with Gasteiger partial charge in [0, 0.05) is 11.3 Å². The molecule has 0 radical (unpaired) electrons. The first-order valence-electron chi connectivity index (χ1n) is 6.90. The summed E-state index contributed by atoms with van der Waals surface area (Å²) >= 11 is 0. The Kier molecular flexibility index (Phi) is 3.12. The molecule has 1 nitrogen and oxygen atoms in total. The van der Waals surface area contributed by atoms with Crippen molar-refractivity contribution in [3.63, 3.8) is 0 Å². The Bertz CT molecular complexity index is 584. The summed E-state index contributed by atoms with van der Waals surface area (Å²) in [5, 5.41) is 0. The number of fused-ring (bicyclic) bond motifs is 2. The van der Waals surface area contributed by atoms with E-state index in [1.165, 1.54) is 34.2 Å². The van der Waals surface area contributed by atoms with Crippen LogP contribution in [0, 0.1) is 0 Å². The minimum Gasteiger partial charge on any atom is -0.402 e. The number of benzene rings is 2. The van der Waals surface area contributed by atoms with Crippen LogP contribution in [0.25, 0.3) is 5.57 Å². The van der Waals surface area contributed by atoms with Crippen molar-refractivity contribution in [3.05, 3.63) is 76.5 Å². The predicted molar refractivity (Wildman–Crippen MR) is 80.8 cm³/mol. The highest BCUT2D eigenvalue weighted by atomic mass is 14.6. The summed E-state index contributed by atoms with van der Waals surface area (Å²) in [6.07, 6.45) is 3.45. The quantitative estimate of drug-likeness (QED) is 0.752. The predicted octanol–water partition coefficient (Wildman–Crippen LogP) is 3.91. The van der Waals surface area contributed by atoms with Crippen LogP contribution in [0.4, 0.5) is 0 Å². The summed E-state index contributed by atoms with van der Waals surface area (Å²) in [7, 11) is 0. The van der Waals surface area contributed by atoms with Crippen LogP contribution in [0.15, 0.2) is 54.2 Å². The Morgan fingerprint density at radius 3 is 1.79 bits per heavy atom. The van der Waals surface area contributed by atoms with E-state index in [0.29, 0.717) is 0 Å². The molecule has 0 fully saturated rings. The Morgan fingerprint density at radius 2 is 1.32 bits per heavy atom. The lowest BCUT2D eigenvalue weighted by molar-refractivity contribution is 0.811. The van der Waals surface area contributed by atoms with Crippen molar-refractivity contribution in [3.8, 4) is 0 Å². The van der Waals surface area contributed by atoms with Gasteiger partial charge in [0.05, 0.1) is 0 Å². The van der Waals surface area contributed by atoms with Gasteiger partial charge in [-0.3, -0.25) is 0 Å². The van der Waals surface area contributed by atoms with E-state index >= 15 is 0 Å². The fraction of sp³-hybridized carbons (Fsp3) is 0.222. The van der Waals surface area contributed by atoms with Gasteiger partial charge < -0.3 is 5.73 Å². The average molecular weight is 249 g/mol. The molecule has 1 aliphatic carbocycles. The molecule has 19 heavy (non-hydrogen) atoms. The van der Waals surface area contributed by atoms with E-state index in [0.717, 1.165) is 18.5 Å². The zero-order chi connectivity index (χ0) is 13.2. The molecular formula is C18H19N. The molecule has 0 bridgehead atoms. The molecule has 1 heteroatoms. The summed E-state index contributed by atoms with van der Waals surface area (Å²) in [5.41, 5.74) is 13.7. The number of hydrogen-bond donors (Lipinski definition) is 1. The van der Waals surface area contributed by atoms with Gasteiger partial charge in [-0.1, -0.05) is 48.5 Å². The van der Waals surface area contributed by atoms with E-state index in [2.05, 4.69) is 48.5 Å². The molecule has 0 aliphatic heterocycles. The SMILES string of the molecule is CC(N)=C1c2ccccc2CCCc2ccccc21. The van der Waals surface area contributed by atoms with Crippen molar-refractivity contribution >= 4 is 5.57 Å². The number of nitrogens with two attached hydrogens (primary N) is 1. The average Bonchev–Trinajstić information content (AvgIpc) is 2.39. The fourth-order valence-corrected chi connectivity index (χ4v) is 3.00. The first kappa shape index (κ1) is 12.0. The standard InChI is InChI=1S/C18H19N/c1-13(19)18-16-11-4-2-7-14(16)9-6-10-15-8-3-5-12-17(15)18/h2-5,7-8,11-12H,6,9-10,19H2,1H3. The lowest BCUT2D eigenvalue weighted by Gasteiger charge is -2.21. The molecule has 0 unspecified atom stereocenters. The largest absolute Gasteiger partial charge is 0.402 e.